The number of allylic oxidation sites excluding steroid dienone is 1. The van der Waals surface area contributed by atoms with E-state index in [9.17, 15) is 19.2 Å². The van der Waals surface area contributed by atoms with Gasteiger partial charge < -0.3 is 14.5 Å². The Kier molecular flexibility index (Phi) is 7.86. The number of benzene rings is 2. The van der Waals surface area contributed by atoms with Crippen molar-refractivity contribution in [1.29, 1.82) is 0 Å². The van der Waals surface area contributed by atoms with Crippen molar-refractivity contribution in [3.63, 3.8) is 0 Å². The van der Waals surface area contributed by atoms with E-state index in [1.54, 1.807) is 72.8 Å². The largest absolute Gasteiger partial charge is 0.465 e. The summed E-state index contributed by atoms with van der Waals surface area (Å²) in [7, 11) is 0. The van der Waals surface area contributed by atoms with Gasteiger partial charge in [0, 0.05) is 23.2 Å². The molecule has 1 heterocycles. The molecule has 0 fully saturated rings. The monoisotopic (exact) mass is 431 g/mol. The first-order valence-electron chi connectivity index (χ1n) is 9.91. The van der Waals surface area contributed by atoms with E-state index in [2.05, 4.69) is 5.32 Å². The van der Waals surface area contributed by atoms with Crippen molar-refractivity contribution < 1.29 is 28.3 Å². The van der Waals surface area contributed by atoms with Crippen molar-refractivity contribution in [2.45, 2.75) is 12.8 Å². The molecule has 0 spiro atoms. The standard InChI is InChI=1S/C25H21NO6/c27-22(13-12-21-7-4-16-31-21)19-8-10-20(11-9-19)26-24(29)14-15-25(30)32-17-23(28)18-5-2-1-3-6-18/h1-13,16H,14-15,17H2,(H,26,29)/b13-12+. The van der Waals surface area contributed by atoms with Crippen molar-refractivity contribution in [3.05, 3.63) is 96.0 Å². The highest BCUT2D eigenvalue weighted by molar-refractivity contribution is 6.07. The van der Waals surface area contributed by atoms with Crippen LogP contribution in [0.3, 0.4) is 0 Å². The number of ether oxygens (including phenoxy) is 1. The molecule has 0 saturated heterocycles. The zero-order valence-electron chi connectivity index (χ0n) is 17.2. The molecule has 0 aliphatic carbocycles. The molecule has 0 atom stereocenters. The molecule has 0 saturated carbocycles. The molecule has 0 aliphatic heterocycles. The van der Waals surface area contributed by atoms with Gasteiger partial charge in [0.15, 0.2) is 18.2 Å². The van der Waals surface area contributed by atoms with Crippen LogP contribution in [-0.2, 0) is 14.3 Å². The molecule has 1 amide bonds. The Morgan fingerprint density at radius 3 is 2.28 bits per heavy atom. The molecule has 0 unspecified atom stereocenters. The Bertz CT molecular complexity index is 1100. The molecule has 1 aromatic heterocycles. The van der Waals surface area contributed by atoms with E-state index >= 15 is 0 Å². The number of anilines is 1. The fourth-order valence-electron chi connectivity index (χ4n) is 2.72. The van der Waals surface area contributed by atoms with E-state index in [0.29, 0.717) is 22.6 Å². The minimum Gasteiger partial charge on any atom is -0.465 e. The van der Waals surface area contributed by atoms with Crippen LogP contribution in [0.5, 0.6) is 0 Å². The number of hydrogen-bond donors (Lipinski definition) is 1. The van der Waals surface area contributed by atoms with E-state index < -0.39 is 5.97 Å². The minimum absolute atomic E-state index is 0.0923. The first-order chi connectivity index (χ1) is 15.5. The zero-order valence-corrected chi connectivity index (χ0v) is 17.2. The number of carbonyl (C=O) groups is 4. The first-order valence-corrected chi connectivity index (χ1v) is 9.91. The lowest BCUT2D eigenvalue weighted by atomic mass is 10.1. The molecule has 3 aromatic rings. The average Bonchev–Trinajstić information content (AvgIpc) is 3.34. The summed E-state index contributed by atoms with van der Waals surface area (Å²) in [5.41, 5.74) is 1.41. The second kappa shape index (κ2) is 11.2. The van der Waals surface area contributed by atoms with Gasteiger partial charge in [0.1, 0.15) is 5.76 Å². The van der Waals surface area contributed by atoms with E-state index in [4.69, 9.17) is 9.15 Å². The third-order valence-electron chi connectivity index (χ3n) is 4.41. The second-order valence-electron chi connectivity index (χ2n) is 6.79. The average molecular weight is 431 g/mol. The van der Waals surface area contributed by atoms with Crippen molar-refractivity contribution >= 4 is 35.2 Å². The summed E-state index contributed by atoms with van der Waals surface area (Å²) >= 11 is 0. The molecule has 7 heteroatoms. The van der Waals surface area contributed by atoms with Crippen molar-refractivity contribution in [2.75, 3.05) is 11.9 Å². The first kappa shape index (κ1) is 22.4. The minimum atomic E-state index is -0.631. The molecular weight excluding hydrogens is 410 g/mol. The van der Waals surface area contributed by atoms with E-state index in [-0.39, 0.29) is 36.9 Å². The number of esters is 1. The molecule has 7 nitrogen and oxygen atoms in total. The molecule has 32 heavy (non-hydrogen) atoms. The van der Waals surface area contributed by atoms with Crippen LogP contribution in [0.25, 0.3) is 6.08 Å². The van der Waals surface area contributed by atoms with Crippen LogP contribution in [0.1, 0.15) is 39.3 Å². The van der Waals surface area contributed by atoms with Crippen LogP contribution in [0, 0.1) is 0 Å². The van der Waals surface area contributed by atoms with Crippen LogP contribution >= 0.6 is 0 Å². The highest BCUT2D eigenvalue weighted by Gasteiger charge is 2.12. The quantitative estimate of drug-likeness (QED) is 0.291. The predicted molar refractivity (Wildman–Crippen MR) is 118 cm³/mol. The third kappa shape index (κ3) is 6.91. The Morgan fingerprint density at radius 1 is 0.844 bits per heavy atom. The van der Waals surface area contributed by atoms with E-state index in [1.807, 2.05) is 0 Å². The Morgan fingerprint density at radius 2 is 1.59 bits per heavy atom. The summed E-state index contributed by atoms with van der Waals surface area (Å²) < 4.78 is 10.1. The normalized spacial score (nSPS) is 10.6. The van der Waals surface area contributed by atoms with Gasteiger partial charge >= 0.3 is 5.97 Å². The van der Waals surface area contributed by atoms with Gasteiger partial charge in [-0.2, -0.15) is 0 Å². The Balaban J connectivity index is 1.40. The van der Waals surface area contributed by atoms with Gasteiger partial charge in [0.25, 0.3) is 0 Å². The van der Waals surface area contributed by atoms with Gasteiger partial charge in [-0.25, -0.2) is 0 Å². The fourth-order valence-corrected chi connectivity index (χ4v) is 2.72. The lowest BCUT2D eigenvalue weighted by Gasteiger charge is -2.07. The number of furan rings is 1. The predicted octanol–water partition coefficient (Wildman–Crippen LogP) is 4.32. The molecule has 0 radical (unpaired) electrons. The Hall–Kier alpha value is -4.26. The molecule has 0 aliphatic rings. The number of rotatable bonds is 10. The summed E-state index contributed by atoms with van der Waals surface area (Å²) in [6, 6.07) is 18.3. The summed E-state index contributed by atoms with van der Waals surface area (Å²) in [6.45, 7) is -0.367. The summed E-state index contributed by atoms with van der Waals surface area (Å²) in [5, 5.41) is 2.65. The topological polar surface area (TPSA) is 103 Å². The van der Waals surface area contributed by atoms with Crippen molar-refractivity contribution in [3.8, 4) is 0 Å². The highest BCUT2D eigenvalue weighted by Crippen LogP contribution is 2.12. The number of carbonyl (C=O) groups excluding carboxylic acids is 4. The zero-order chi connectivity index (χ0) is 22.8. The highest BCUT2D eigenvalue weighted by atomic mass is 16.5. The molecule has 2 aromatic carbocycles. The van der Waals surface area contributed by atoms with Crippen LogP contribution in [0.15, 0.2) is 83.5 Å². The summed E-state index contributed by atoms with van der Waals surface area (Å²) in [5.74, 6) is -0.948. The van der Waals surface area contributed by atoms with Gasteiger partial charge in [-0.3, -0.25) is 19.2 Å². The van der Waals surface area contributed by atoms with Gasteiger partial charge in [0.05, 0.1) is 12.7 Å². The number of Topliss-reactive ketones (excluding diaryl/α,β-unsaturated/α-hetero) is 1. The second-order valence-corrected chi connectivity index (χ2v) is 6.79. The number of hydrogen-bond acceptors (Lipinski definition) is 6. The van der Waals surface area contributed by atoms with Crippen LogP contribution in [0.2, 0.25) is 0 Å². The van der Waals surface area contributed by atoms with Gasteiger partial charge in [-0.05, 0) is 48.6 Å². The maximum atomic E-state index is 12.2. The van der Waals surface area contributed by atoms with Crippen LogP contribution in [-0.4, -0.2) is 30.0 Å². The fraction of sp³-hybridized carbons (Fsp3) is 0.120. The van der Waals surface area contributed by atoms with Crippen LogP contribution < -0.4 is 5.32 Å². The van der Waals surface area contributed by atoms with Gasteiger partial charge in [0.2, 0.25) is 5.91 Å². The SMILES string of the molecule is O=C(CCC(=O)OCC(=O)c1ccccc1)Nc1ccc(C(=O)/C=C/c2ccco2)cc1. The molecule has 0 bridgehead atoms. The van der Waals surface area contributed by atoms with Crippen molar-refractivity contribution in [2.24, 2.45) is 0 Å². The van der Waals surface area contributed by atoms with Crippen LogP contribution in [0.4, 0.5) is 5.69 Å². The third-order valence-corrected chi connectivity index (χ3v) is 4.41. The van der Waals surface area contributed by atoms with E-state index in [1.165, 1.54) is 12.3 Å². The molecular formula is C25H21NO6. The van der Waals surface area contributed by atoms with Gasteiger partial charge in [-0.1, -0.05) is 30.3 Å². The summed E-state index contributed by atoms with van der Waals surface area (Å²) in [6.07, 6.45) is 4.25. The maximum absolute atomic E-state index is 12.2. The number of ketones is 2. The summed E-state index contributed by atoms with van der Waals surface area (Å²) in [4.78, 5) is 47.9. The van der Waals surface area contributed by atoms with E-state index in [0.717, 1.165) is 0 Å². The molecule has 1 N–H and O–H groups in total. The lowest BCUT2D eigenvalue weighted by Crippen LogP contribution is -2.17. The molecule has 162 valence electrons. The maximum Gasteiger partial charge on any atom is 0.306 e. The number of nitrogens with one attached hydrogen (secondary N) is 1. The van der Waals surface area contributed by atoms with Crippen molar-refractivity contribution in [1.82, 2.24) is 0 Å². The molecule has 3 rings (SSSR count). The van der Waals surface area contributed by atoms with Gasteiger partial charge in [-0.15, -0.1) is 0 Å². The number of amides is 1. The Labute approximate surface area is 184 Å². The lowest BCUT2D eigenvalue weighted by molar-refractivity contribution is -0.143. The smallest absolute Gasteiger partial charge is 0.306 e.